The van der Waals surface area contributed by atoms with E-state index in [0.29, 0.717) is 31.0 Å². The second kappa shape index (κ2) is 13.3. The maximum atomic E-state index is 14.6. The molecule has 13 nitrogen and oxygen atoms in total. The van der Waals surface area contributed by atoms with Gasteiger partial charge < -0.3 is 34.9 Å². The lowest BCUT2D eigenvalue weighted by Gasteiger charge is -2.36. The Bertz CT molecular complexity index is 1260. The van der Waals surface area contributed by atoms with Crippen LogP contribution in [0.2, 0.25) is 0 Å². The van der Waals surface area contributed by atoms with Crippen LogP contribution in [0.4, 0.5) is 26.4 Å². The summed E-state index contributed by atoms with van der Waals surface area (Å²) in [6, 6.07) is 3.17. The second-order valence-electron chi connectivity index (χ2n) is 8.41. The molecule has 5 heterocycles. The topological polar surface area (TPSA) is 162 Å². The van der Waals surface area contributed by atoms with Gasteiger partial charge in [-0.1, -0.05) is 0 Å². The lowest BCUT2D eigenvalue weighted by Crippen LogP contribution is -2.52. The summed E-state index contributed by atoms with van der Waals surface area (Å²) in [4.78, 5) is 42.4. The van der Waals surface area contributed by atoms with Crippen LogP contribution < -0.4 is 20.4 Å². The van der Waals surface area contributed by atoms with Crippen LogP contribution in [-0.4, -0.2) is 89.5 Å². The Morgan fingerprint density at radius 2 is 2.03 bits per heavy atom. The molecule has 0 radical (unpaired) electrons. The number of carbonyl (C=O) groups is 3. The van der Waals surface area contributed by atoms with Crippen molar-refractivity contribution in [2.45, 2.75) is 19.4 Å². The number of anilines is 3. The number of fused-ring (bicyclic) bond motifs is 2. The molecule has 5 rings (SSSR count). The smallest absolute Gasteiger partial charge is 0.327 e. The number of nitrogens with one attached hydrogen (secondary N) is 2. The van der Waals surface area contributed by atoms with Gasteiger partial charge in [0, 0.05) is 75.2 Å². The predicted octanol–water partition coefficient (Wildman–Crippen LogP) is 1.60. The standard InChI is InChI=1S/C22H26FN7O2.2CH2O2/c1-14-10-29-12-18(17(23)9-20(29)26-14)27-22(31)30-7-4-16-19(3-5-25-21(16)30)28-8-6-24-15(11-28)13-32-2;2*2-1-3/h3,5,9-10,12,15,24H,4,6-8,11,13H2,1-2H3,(H,27,31);2*1H,(H,2,3)/t15-;;/m1../s1. The normalized spacial score (nSPS) is 16.0. The third kappa shape index (κ3) is 6.52. The van der Waals surface area contributed by atoms with E-state index in [-0.39, 0.29) is 24.7 Å². The van der Waals surface area contributed by atoms with E-state index in [9.17, 15) is 9.18 Å². The molecule has 3 aromatic heterocycles. The van der Waals surface area contributed by atoms with E-state index in [4.69, 9.17) is 24.5 Å². The van der Waals surface area contributed by atoms with E-state index in [0.717, 1.165) is 36.6 Å². The van der Waals surface area contributed by atoms with Crippen LogP contribution in [0.15, 0.2) is 30.7 Å². The van der Waals surface area contributed by atoms with Crippen LogP contribution in [-0.2, 0) is 20.7 Å². The van der Waals surface area contributed by atoms with Gasteiger partial charge in [-0.05, 0) is 19.4 Å². The van der Waals surface area contributed by atoms with Gasteiger partial charge in [-0.2, -0.15) is 0 Å². The zero-order valence-electron chi connectivity index (χ0n) is 21.0. The lowest BCUT2D eigenvalue weighted by molar-refractivity contribution is -0.123. The minimum atomic E-state index is -0.525. The van der Waals surface area contributed by atoms with Crippen LogP contribution in [0.5, 0.6) is 0 Å². The fourth-order valence-electron chi connectivity index (χ4n) is 4.54. The summed E-state index contributed by atoms with van der Waals surface area (Å²) in [5.74, 6) is 0.101. The summed E-state index contributed by atoms with van der Waals surface area (Å²) < 4.78 is 21.6. The van der Waals surface area contributed by atoms with E-state index in [1.54, 1.807) is 35.0 Å². The summed E-state index contributed by atoms with van der Waals surface area (Å²) in [6.07, 6.45) is 5.76. The highest BCUT2D eigenvalue weighted by Crippen LogP contribution is 2.34. The number of urea groups is 1. The molecule has 0 aromatic carbocycles. The number of hydrogen-bond acceptors (Lipinski definition) is 8. The summed E-state index contributed by atoms with van der Waals surface area (Å²) >= 11 is 0. The monoisotopic (exact) mass is 531 g/mol. The van der Waals surface area contributed by atoms with E-state index >= 15 is 0 Å². The fraction of sp³-hybridized carbons (Fsp3) is 0.375. The van der Waals surface area contributed by atoms with Gasteiger partial charge >= 0.3 is 6.03 Å². The van der Waals surface area contributed by atoms with Crippen molar-refractivity contribution in [3.63, 3.8) is 0 Å². The second-order valence-corrected chi connectivity index (χ2v) is 8.41. The van der Waals surface area contributed by atoms with Gasteiger partial charge in [0.25, 0.3) is 12.9 Å². The number of piperazine rings is 1. The van der Waals surface area contributed by atoms with Crippen molar-refractivity contribution in [3.8, 4) is 0 Å². The number of imidazole rings is 1. The number of hydrogen-bond donors (Lipinski definition) is 4. The predicted molar refractivity (Wildman–Crippen MR) is 137 cm³/mol. The summed E-state index contributed by atoms with van der Waals surface area (Å²) in [5, 5.41) is 19.9. The maximum absolute atomic E-state index is 14.6. The summed E-state index contributed by atoms with van der Waals surface area (Å²) in [6.45, 7) is 5.04. The minimum absolute atomic E-state index is 0.106. The molecule has 4 N–H and O–H groups in total. The van der Waals surface area contributed by atoms with Crippen LogP contribution >= 0.6 is 0 Å². The van der Waals surface area contributed by atoms with Crippen molar-refractivity contribution in [2.75, 3.05) is 55.0 Å². The number of ether oxygens (including phenoxy) is 1. The van der Waals surface area contributed by atoms with E-state index in [1.807, 2.05) is 13.0 Å². The number of pyridine rings is 2. The summed E-state index contributed by atoms with van der Waals surface area (Å²) in [7, 11) is 1.70. The molecule has 38 heavy (non-hydrogen) atoms. The Morgan fingerprint density at radius 1 is 1.29 bits per heavy atom. The molecule has 0 spiro atoms. The van der Waals surface area contributed by atoms with Crippen LogP contribution in [0.3, 0.4) is 0 Å². The molecule has 0 bridgehead atoms. The van der Waals surface area contributed by atoms with Gasteiger partial charge in [-0.15, -0.1) is 0 Å². The number of rotatable bonds is 4. The van der Waals surface area contributed by atoms with Crippen LogP contribution in [0.25, 0.3) is 5.65 Å². The van der Waals surface area contributed by atoms with Gasteiger partial charge in [0.1, 0.15) is 11.5 Å². The Kier molecular flexibility index (Phi) is 9.90. The van der Waals surface area contributed by atoms with Crippen LogP contribution in [0, 0.1) is 12.7 Å². The van der Waals surface area contributed by atoms with Gasteiger partial charge in [-0.25, -0.2) is 19.2 Å². The van der Waals surface area contributed by atoms with Crippen LogP contribution in [0.1, 0.15) is 11.3 Å². The number of aromatic nitrogens is 3. The molecule has 0 aliphatic carbocycles. The van der Waals surface area contributed by atoms with Crippen molar-refractivity contribution in [2.24, 2.45) is 0 Å². The number of carbonyl (C=O) groups excluding carboxylic acids is 1. The Labute approximate surface area is 217 Å². The number of amides is 2. The first-order valence-corrected chi connectivity index (χ1v) is 11.7. The molecule has 3 aromatic rings. The number of nitrogens with zero attached hydrogens (tertiary/aromatic N) is 5. The molecule has 0 saturated carbocycles. The Hall–Kier alpha value is -4.30. The largest absolute Gasteiger partial charge is 0.483 e. The molecule has 1 fully saturated rings. The number of methoxy groups -OCH3 is 1. The van der Waals surface area contributed by atoms with E-state index in [1.165, 1.54) is 6.07 Å². The molecule has 2 aliphatic heterocycles. The van der Waals surface area contributed by atoms with Crippen molar-refractivity contribution < 1.29 is 33.7 Å². The number of aryl methyl sites for hydroxylation is 1. The third-order valence-electron chi connectivity index (χ3n) is 5.96. The maximum Gasteiger partial charge on any atom is 0.327 e. The molecule has 14 heteroatoms. The number of halogens is 1. The zero-order valence-corrected chi connectivity index (χ0v) is 21.0. The average molecular weight is 532 g/mol. The first-order valence-electron chi connectivity index (χ1n) is 11.7. The van der Waals surface area contributed by atoms with Gasteiger partial charge in [-0.3, -0.25) is 14.5 Å². The van der Waals surface area contributed by atoms with E-state index < -0.39 is 11.8 Å². The molecule has 1 saturated heterocycles. The van der Waals surface area contributed by atoms with Crippen molar-refractivity contribution in [3.05, 3.63) is 47.8 Å². The van der Waals surface area contributed by atoms with Gasteiger partial charge in [0.05, 0.1) is 18.0 Å². The highest BCUT2D eigenvalue weighted by Gasteiger charge is 2.31. The molecule has 204 valence electrons. The lowest BCUT2D eigenvalue weighted by atomic mass is 10.1. The van der Waals surface area contributed by atoms with Crippen molar-refractivity contribution in [1.29, 1.82) is 0 Å². The third-order valence-corrected chi connectivity index (χ3v) is 5.96. The average Bonchev–Trinajstić information content (AvgIpc) is 3.48. The quantitative estimate of drug-likeness (QED) is 0.364. The molecule has 2 amide bonds. The minimum Gasteiger partial charge on any atom is -0.483 e. The number of carboxylic acid groups (broad SMARTS) is 2. The Morgan fingerprint density at radius 3 is 2.74 bits per heavy atom. The van der Waals surface area contributed by atoms with Crippen molar-refractivity contribution >= 4 is 41.8 Å². The molecule has 1 atom stereocenters. The van der Waals surface area contributed by atoms with Gasteiger partial charge in [0.2, 0.25) is 0 Å². The highest BCUT2D eigenvalue weighted by molar-refractivity contribution is 6.03. The fourth-order valence-corrected chi connectivity index (χ4v) is 4.54. The Balaban J connectivity index is 0.000000611. The molecular weight excluding hydrogens is 501 g/mol. The zero-order chi connectivity index (χ0) is 27.7. The molecular formula is C24H30FN7O6. The van der Waals surface area contributed by atoms with Crippen molar-refractivity contribution in [1.82, 2.24) is 19.7 Å². The van der Waals surface area contributed by atoms with Gasteiger partial charge in [0.15, 0.2) is 5.82 Å². The van der Waals surface area contributed by atoms with E-state index in [2.05, 4.69) is 25.5 Å². The highest BCUT2D eigenvalue weighted by atomic mass is 19.1. The molecule has 2 aliphatic rings. The molecule has 0 unspecified atom stereocenters. The SMILES string of the molecule is COC[C@H]1CN(c2ccnc3c2CCN3C(=O)Nc2cn3cc(C)nc3cc2F)CCN1.O=CO.O=CO. The first kappa shape index (κ1) is 28.3. The summed E-state index contributed by atoms with van der Waals surface area (Å²) in [5.41, 5.74) is 3.52. The first-order chi connectivity index (χ1) is 18.4.